The SMILES string of the molecule is Cl.Cl.NCCc1nc(C(=O)N2CCN(CCOc3ccc(Cl)cc3)CC2)cs1. The topological polar surface area (TPSA) is 71.7 Å². The Morgan fingerprint density at radius 2 is 1.86 bits per heavy atom. The summed E-state index contributed by atoms with van der Waals surface area (Å²) in [5, 5.41) is 3.46. The van der Waals surface area contributed by atoms with Crippen molar-refractivity contribution in [3.63, 3.8) is 0 Å². The first-order chi connectivity index (χ1) is 12.7. The number of aromatic nitrogens is 1. The third-order valence-electron chi connectivity index (χ3n) is 4.28. The number of amides is 1. The molecule has 1 saturated heterocycles. The van der Waals surface area contributed by atoms with Crippen LogP contribution in [0.4, 0.5) is 0 Å². The highest BCUT2D eigenvalue weighted by molar-refractivity contribution is 7.09. The Balaban J connectivity index is 0.00000196. The van der Waals surface area contributed by atoms with Crippen LogP contribution < -0.4 is 10.5 Å². The minimum Gasteiger partial charge on any atom is -0.492 e. The number of ether oxygens (including phenoxy) is 1. The zero-order valence-corrected chi connectivity index (χ0v) is 18.6. The number of piperazine rings is 1. The van der Waals surface area contributed by atoms with Crippen LogP contribution >= 0.6 is 47.8 Å². The highest BCUT2D eigenvalue weighted by atomic mass is 35.5. The molecule has 1 fully saturated rings. The van der Waals surface area contributed by atoms with Crippen LogP contribution in [0.1, 0.15) is 15.5 Å². The van der Waals surface area contributed by atoms with Gasteiger partial charge in [0.15, 0.2) is 0 Å². The predicted octanol–water partition coefficient (Wildman–Crippen LogP) is 2.98. The van der Waals surface area contributed by atoms with Gasteiger partial charge in [0, 0.05) is 49.5 Å². The molecule has 1 aliphatic heterocycles. The average molecular weight is 468 g/mol. The zero-order valence-electron chi connectivity index (χ0n) is 15.4. The summed E-state index contributed by atoms with van der Waals surface area (Å²) in [5.74, 6) is 0.835. The Labute approximate surface area is 186 Å². The first-order valence-corrected chi connectivity index (χ1v) is 9.96. The van der Waals surface area contributed by atoms with Crippen molar-refractivity contribution in [3.8, 4) is 5.75 Å². The van der Waals surface area contributed by atoms with Crippen molar-refractivity contribution >= 4 is 53.7 Å². The van der Waals surface area contributed by atoms with E-state index in [4.69, 9.17) is 22.1 Å². The lowest BCUT2D eigenvalue weighted by atomic mass is 10.3. The predicted molar refractivity (Wildman–Crippen MR) is 119 cm³/mol. The van der Waals surface area contributed by atoms with Gasteiger partial charge in [-0.3, -0.25) is 9.69 Å². The second-order valence-corrected chi connectivity index (χ2v) is 7.48. The molecule has 3 rings (SSSR count). The minimum atomic E-state index is 0. The Bertz CT molecular complexity index is 722. The van der Waals surface area contributed by atoms with Crippen LogP contribution in [0.25, 0.3) is 0 Å². The van der Waals surface area contributed by atoms with Gasteiger partial charge in [0.25, 0.3) is 5.91 Å². The highest BCUT2D eigenvalue weighted by Crippen LogP contribution is 2.16. The molecule has 0 spiro atoms. The lowest BCUT2D eigenvalue weighted by molar-refractivity contribution is 0.0615. The monoisotopic (exact) mass is 466 g/mol. The van der Waals surface area contributed by atoms with Gasteiger partial charge in [-0.15, -0.1) is 36.2 Å². The Morgan fingerprint density at radius 1 is 1.18 bits per heavy atom. The van der Waals surface area contributed by atoms with Crippen molar-refractivity contribution in [2.24, 2.45) is 5.73 Å². The van der Waals surface area contributed by atoms with Crippen molar-refractivity contribution in [1.82, 2.24) is 14.8 Å². The molecular formula is C18H25Cl3N4O2S. The van der Waals surface area contributed by atoms with Gasteiger partial charge in [0.1, 0.15) is 18.1 Å². The molecule has 0 unspecified atom stereocenters. The van der Waals surface area contributed by atoms with E-state index < -0.39 is 0 Å². The van der Waals surface area contributed by atoms with E-state index in [-0.39, 0.29) is 30.7 Å². The normalized spacial score (nSPS) is 14.1. The van der Waals surface area contributed by atoms with Crippen LogP contribution in [0, 0.1) is 0 Å². The number of hydrogen-bond acceptors (Lipinski definition) is 6. The first-order valence-electron chi connectivity index (χ1n) is 8.70. The molecule has 0 radical (unpaired) electrons. The summed E-state index contributed by atoms with van der Waals surface area (Å²) in [4.78, 5) is 21.1. The number of carbonyl (C=O) groups excluding carboxylic acids is 1. The fraction of sp³-hybridized carbons (Fsp3) is 0.444. The number of nitrogens with zero attached hydrogens (tertiary/aromatic N) is 3. The van der Waals surface area contributed by atoms with Crippen LogP contribution in [0.2, 0.25) is 5.02 Å². The van der Waals surface area contributed by atoms with Crippen LogP contribution in [-0.4, -0.2) is 66.6 Å². The Morgan fingerprint density at radius 3 is 2.50 bits per heavy atom. The van der Waals surface area contributed by atoms with E-state index in [1.54, 1.807) is 0 Å². The van der Waals surface area contributed by atoms with Crippen LogP contribution in [0.5, 0.6) is 5.75 Å². The first kappa shape index (κ1) is 24.9. The Kier molecular flexibility index (Phi) is 11.1. The van der Waals surface area contributed by atoms with E-state index in [0.29, 0.717) is 37.0 Å². The van der Waals surface area contributed by atoms with E-state index in [0.717, 1.165) is 36.8 Å². The van der Waals surface area contributed by atoms with Crippen LogP contribution in [-0.2, 0) is 6.42 Å². The second kappa shape index (κ2) is 12.5. The summed E-state index contributed by atoms with van der Waals surface area (Å²) in [7, 11) is 0. The molecule has 2 N–H and O–H groups in total. The minimum absolute atomic E-state index is 0. The van der Waals surface area contributed by atoms with Gasteiger partial charge in [-0.25, -0.2) is 4.98 Å². The maximum Gasteiger partial charge on any atom is 0.273 e. The van der Waals surface area contributed by atoms with E-state index in [1.807, 2.05) is 34.5 Å². The number of benzene rings is 1. The van der Waals surface area contributed by atoms with Gasteiger partial charge in [-0.05, 0) is 30.8 Å². The summed E-state index contributed by atoms with van der Waals surface area (Å²) >= 11 is 7.37. The molecule has 1 amide bonds. The fourth-order valence-corrected chi connectivity index (χ4v) is 3.72. The van der Waals surface area contributed by atoms with Crippen LogP contribution in [0.3, 0.4) is 0 Å². The van der Waals surface area contributed by atoms with E-state index >= 15 is 0 Å². The number of thiazole rings is 1. The molecule has 28 heavy (non-hydrogen) atoms. The fourth-order valence-electron chi connectivity index (χ4n) is 2.81. The molecule has 6 nitrogen and oxygen atoms in total. The van der Waals surface area contributed by atoms with Gasteiger partial charge >= 0.3 is 0 Å². The molecule has 1 aromatic carbocycles. The average Bonchev–Trinajstić information content (AvgIpc) is 3.12. The van der Waals surface area contributed by atoms with Crippen molar-refractivity contribution in [3.05, 3.63) is 45.4 Å². The number of nitrogens with two attached hydrogens (primary N) is 1. The number of carbonyl (C=O) groups is 1. The van der Waals surface area contributed by atoms with Crippen molar-refractivity contribution in [2.75, 3.05) is 45.9 Å². The summed E-state index contributed by atoms with van der Waals surface area (Å²) in [6.45, 7) is 5.11. The van der Waals surface area contributed by atoms with Gasteiger partial charge in [-0.2, -0.15) is 0 Å². The largest absolute Gasteiger partial charge is 0.492 e. The zero-order chi connectivity index (χ0) is 18.4. The molecule has 10 heteroatoms. The number of halogens is 3. The molecule has 1 aromatic heterocycles. The van der Waals surface area contributed by atoms with Crippen molar-refractivity contribution in [2.45, 2.75) is 6.42 Å². The summed E-state index contributed by atoms with van der Waals surface area (Å²) in [6.07, 6.45) is 0.722. The van der Waals surface area contributed by atoms with E-state index in [1.165, 1.54) is 11.3 Å². The maximum atomic E-state index is 12.5. The molecular weight excluding hydrogens is 443 g/mol. The van der Waals surface area contributed by atoms with Crippen LogP contribution in [0.15, 0.2) is 29.6 Å². The molecule has 0 aliphatic carbocycles. The molecule has 2 aromatic rings. The second-order valence-electron chi connectivity index (χ2n) is 6.10. The van der Waals surface area contributed by atoms with Gasteiger partial charge in [0.2, 0.25) is 0 Å². The Hall–Kier alpha value is -1.09. The third-order valence-corrected chi connectivity index (χ3v) is 5.44. The molecule has 2 heterocycles. The number of rotatable bonds is 7. The quantitative estimate of drug-likeness (QED) is 0.678. The highest BCUT2D eigenvalue weighted by Gasteiger charge is 2.23. The lowest BCUT2D eigenvalue weighted by Gasteiger charge is -2.34. The van der Waals surface area contributed by atoms with Gasteiger partial charge < -0.3 is 15.4 Å². The molecule has 0 bridgehead atoms. The molecule has 156 valence electrons. The van der Waals surface area contributed by atoms with Gasteiger partial charge in [-0.1, -0.05) is 11.6 Å². The molecule has 0 atom stereocenters. The van der Waals surface area contributed by atoms with Gasteiger partial charge in [0.05, 0.1) is 5.01 Å². The van der Waals surface area contributed by atoms with E-state index in [2.05, 4.69) is 9.88 Å². The van der Waals surface area contributed by atoms with Crippen molar-refractivity contribution in [1.29, 1.82) is 0 Å². The summed E-state index contributed by atoms with van der Waals surface area (Å²) < 4.78 is 5.73. The maximum absolute atomic E-state index is 12.5. The van der Waals surface area contributed by atoms with Crippen molar-refractivity contribution < 1.29 is 9.53 Å². The standard InChI is InChI=1S/C18H23ClN4O2S.2ClH/c19-14-1-3-15(4-2-14)25-12-11-22-7-9-23(10-8-22)18(24)16-13-26-17(21-16)5-6-20;;/h1-4,13H,5-12,20H2;2*1H. The molecule has 1 aliphatic rings. The summed E-state index contributed by atoms with van der Waals surface area (Å²) in [6, 6.07) is 7.37. The third kappa shape index (κ3) is 7.06. The van der Waals surface area contributed by atoms with E-state index in [9.17, 15) is 4.79 Å². The number of hydrogen-bond donors (Lipinski definition) is 1. The smallest absolute Gasteiger partial charge is 0.273 e. The molecule has 0 saturated carbocycles. The summed E-state index contributed by atoms with van der Waals surface area (Å²) in [5.41, 5.74) is 6.08. The lowest BCUT2D eigenvalue weighted by Crippen LogP contribution is -2.49.